The van der Waals surface area contributed by atoms with E-state index < -0.39 is 6.09 Å². The molecule has 1 aromatic carbocycles. The average molecular weight is 502 g/mol. The van der Waals surface area contributed by atoms with Crippen LogP contribution in [-0.4, -0.2) is 53.9 Å². The van der Waals surface area contributed by atoms with E-state index in [1.54, 1.807) is 24.1 Å². The summed E-state index contributed by atoms with van der Waals surface area (Å²) in [4.78, 5) is 35.1. The molecule has 4 heterocycles. The minimum Gasteiger partial charge on any atom is -0.481 e. The summed E-state index contributed by atoms with van der Waals surface area (Å²) in [5, 5.41) is 6.33. The SMILES string of the molecule is COc1cccc(-c2cccc(CN[C@H]3CC[C@H]4[C@H](C3)OC(=O)N4c3ccc4c(n3)NC(=O)CO4)c2)n1. The zero-order valence-corrected chi connectivity index (χ0v) is 20.3. The molecule has 1 aliphatic carbocycles. The van der Waals surface area contributed by atoms with Crippen molar-refractivity contribution < 1.29 is 23.8 Å². The van der Waals surface area contributed by atoms with Crippen molar-refractivity contribution in [1.29, 1.82) is 0 Å². The number of fused-ring (bicyclic) bond motifs is 2. The second-order valence-electron chi connectivity index (χ2n) is 9.37. The van der Waals surface area contributed by atoms with Crippen LogP contribution in [0.1, 0.15) is 24.8 Å². The molecular weight excluding hydrogens is 474 g/mol. The smallest absolute Gasteiger partial charge is 0.416 e. The summed E-state index contributed by atoms with van der Waals surface area (Å²) in [5.41, 5.74) is 3.04. The molecule has 2 aromatic heterocycles. The number of rotatable bonds is 6. The van der Waals surface area contributed by atoms with Crippen molar-refractivity contribution in [1.82, 2.24) is 15.3 Å². The van der Waals surface area contributed by atoms with Gasteiger partial charge in [0.05, 0.1) is 18.8 Å². The summed E-state index contributed by atoms with van der Waals surface area (Å²) in [5.74, 6) is 1.59. The third-order valence-electron chi connectivity index (χ3n) is 6.99. The van der Waals surface area contributed by atoms with E-state index >= 15 is 0 Å². The molecule has 0 radical (unpaired) electrons. The highest BCUT2D eigenvalue weighted by Crippen LogP contribution is 2.37. The molecule has 0 spiro atoms. The Morgan fingerprint density at radius 1 is 1.11 bits per heavy atom. The van der Waals surface area contributed by atoms with E-state index in [0.717, 1.165) is 36.1 Å². The maximum absolute atomic E-state index is 12.8. The molecule has 0 unspecified atom stereocenters. The zero-order valence-electron chi connectivity index (χ0n) is 20.3. The summed E-state index contributed by atoms with van der Waals surface area (Å²) < 4.78 is 16.4. The third kappa shape index (κ3) is 4.67. The van der Waals surface area contributed by atoms with Gasteiger partial charge in [0.15, 0.2) is 18.2 Å². The monoisotopic (exact) mass is 501 g/mol. The van der Waals surface area contributed by atoms with Crippen LogP contribution >= 0.6 is 0 Å². The van der Waals surface area contributed by atoms with Crippen LogP contribution in [-0.2, 0) is 16.1 Å². The van der Waals surface area contributed by atoms with Crippen molar-refractivity contribution in [2.75, 3.05) is 23.9 Å². The quantitative estimate of drug-likeness (QED) is 0.527. The fourth-order valence-corrected chi connectivity index (χ4v) is 5.19. The number of carbonyl (C=O) groups is 2. The number of hydrogen-bond donors (Lipinski definition) is 2. The second-order valence-corrected chi connectivity index (χ2v) is 9.37. The highest BCUT2D eigenvalue weighted by atomic mass is 16.6. The van der Waals surface area contributed by atoms with Gasteiger partial charge in [0, 0.05) is 30.6 Å². The number of aromatic nitrogens is 2. The van der Waals surface area contributed by atoms with Crippen molar-refractivity contribution in [2.24, 2.45) is 0 Å². The van der Waals surface area contributed by atoms with Crippen molar-refractivity contribution in [3.05, 3.63) is 60.2 Å². The molecule has 1 saturated heterocycles. The number of hydrogen-bond acceptors (Lipinski definition) is 8. The topological polar surface area (TPSA) is 115 Å². The lowest BCUT2D eigenvalue weighted by Crippen LogP contribution is -2.46. The molecule has 37 heavy (non-hydrogen) atoms. The number of anilines is 2. The van der Waals surface area contributed by atoms with Crippen LogP contribution in [0.2, 0.25) is 0 Å². The van der Waals surface area contributed by atoms with Gasteiger partial charge in [0.25, 0.3) is 5.91 Å². The fourth-order valence-electron chi connectivity index (χ4n) is 5.19. The summed E-state index contributed by atoms with van der Waals surface area (Å²) >= 11 is 0. The highest BCUT2D eigenvalue weighted by molar-refractivity contribution is 5.95. The second kappa shape index (κ2) is 9.70. The van der Waals surface area contributed by atoms with Gasteiger partial charge in [-0.05, 0) is 42.7 Å². The van der Waals surface area contributed by atoms with Gasteiger partial charge in [-0.25, -0.2) is 14.8 Å². The number of methoxy groups -OCH3 is 1. The van der Waals surface area contributed by atoms with E-state index in [4.69, 9.17) is 14.2 Å². The van der Waals surface area contributed by atoms with Crippen LogP contribution in [0, 0.1) is 0 Å². The molecule has 10 nitrogen and oxygen atoms in total. The van der Waals surface area contributed by atoms with Crippen molar-refractivity contribution in [3.63, 3.8) is 0 Å². The van der Waals surface area contributed by atoms with Gasteiger partial charge in [0.1, 0.15) is 11.9 Å². The normalized spacial score (nSPS) is 22.4. The maximum Gasteiger partial charge on any atom is 0.416 e. The molecule has 2 amide bonds. The van der Waals surface area contributed by atoms with Crippen molar-refractivity contribution in [3.8, 4) is 22.9 Å². The fraction of sp³-hybridized carbons (Fsp3) is 0.333. The van der Waals surface area contributed by atoms with Crippen LogP contribution < -0.4 is 25.0 Å². The Bertz CT molecular complexity index is 1350. The molecule has 2 N–H and O–H groups in total. The van der Waals surface area contributed by atoms with Crippen molar-refractivity contribution in [2.45, 2.75) is 44.0 Å². The van der Waals surface area contributed by atoms with Gasteiger partial charge < -0.3 is 24.8 Å². The molecule has 1 saturated carbocycles. The first-order valence-corrected chi connectivity index (χ1v) is 12.3. The van der Waals surface area contributed by atoms with Crippen molar-refractivity contribution >= 4 is 23.6 Å². The zero-order chi connectivity index (χ0) is 25.4. The summed E-state index contributed by atoms with van der Waals surface area (Å²) in [6.45, 7) is 0.657. The Morgan fingerprint density at radius 2 is 2.00 bits per heavy atom. The number of carbonyl (C=O) groups excluding carboxylic acids is 2. The van der Waals surface area contributed by atoms with E-state index in [-0.39, 0.29) is 30.7 Å². The molecule has 2 fully saturated rings. The first kappa shape index (κ1) is 23.2. The molecule has 190 valence electrons. The Morgan fingerprint density at radius 3 is 2.89 bits per heavy atom. The van der Waals surface area contributed by atoms with Crippen LogP contribution in [0.3, 0.4) is 0 Å². The maximum atomic E-state index is 12.8. The molecule has 3 aliphatic rings. The number of nitrogens with zero attached hydrogens (tertiary/aromatic N) is 3. The van der Waals surface area contributed by atoms with Gasteiger partial charge in [-0.3, -0.25) is 9.69 Å². The van der Waals surface area contributed by atoms with E-state index in [2.05, 4.69) is 32.7 Å². The number of benzene rings is 1. The molecule has 6 rings (SSSR count). The summed E-state index contributed by atoms with van der Waals surface area (Å²) in [7, 11) is 1.61. The van der Waals surface area contributed by atoms with Crippen LogP contribution in [0.15, 0.2) is 54.6 Å². The Balaban J connectivity index is 1.10. The molecule has 10 heteroatoms. The summed E-state index contributed by atoms with van der Waals surface area (Å²) in [6, 6.07) is 17.6. The van der Waals surface area contributed by atoms with E-state index in [1.165, 1.54) is 0 Å². The lowest BCUT2D eigenvalue weighted by atomic mass is 9.88. The van der Waals surface area contributed by atoms with Crippen LogP contribution in [0.4, 0.5) is 16.4 Å². The Hall–Kier alpha value is -4.18. The Kier molecular flexibility index (Phi) is 6.09. The number of amides is 2. The molecule has 3 atom stereocenters. The first-order valence-electron chi connectivity index (χ1n) is 12.3. The lowest BCUT2D eigenvalue weighted by Gasteiger charge is -2.33. The molecule has 2 aliphatic heterocycles. The first-order chi connectivity index (χ1) is 18.1. The van der Waals surface area contributed by atoms with E-state index in [9.17, 15) is 9.59 Å². The van der Waals surface area contributed by atoms with E-state index in [1.807, 2.05) is 30.3 Å². The largest absolute Gasteiger partial charge is 0.481 e. The lowest BCUT2D eigenvalue weighted by molar-refractivity contribution is -0.118. The minimum absolute atomic E-state index is 0.0406. The van der Waals surface area contributed by atoms with Gasteiger partial charge in [-0.15, -0.1) is 0 Å². The van der Waals surface area contributed by atoms with Crippen LogP contribution in [0.25, 0.3) is 11.3 Å². The third-order valence-corrected chi connectivity index (χ3v) is 6.99. The minimum atomic E-state index is -0.412. The van der Waals surface area contributed by atoms with Crippen LogP contribution in [0.5, 0.6) is 11.6 Å². The molecular formula is C27H27N5O5. The van der Waals surface area contributed by atoms with Gasteiger partial charge >= 0.3 is 6.09 Å². The standard InChI is InChI=1S/C27H27N5O5/c1-35-25-7-3-6-19(29-25)17-5-2-4-16(12-17)14-28-18-8-9-20-22(13-18)37-27(34)32(20)23-11-10-21-26(30-23)31-24(33)15-36-21/h2-7,10-12,18,20,22,28H,8-9,13-15H2,1H3,(H,30,31,33)/t18-,20-,22-/m0/s1. The predicted molar refractivity (Wildman–Crippen MR) is 136 cm³/mol. The number of nitrogens with one attached hydrogen (secondary N) is 2. The van der Waals surface area contributed by atoms with Gasteiger partial charge in [0.2, 0.25) is 5.88 Å². The highest BCUT2D eigenvalue weighted by Gasteiger charge is 2.46. The van der Waals surface area contributed by atoms with E-state index in [0.29, 0.717) is 29.8 Å². The molecule has 0 bridgehead atoms. The summed E-state index contributed by atoms with van der Waals surface area (Å²) in [6.07, 6.45) is 1.76. The Labute approximate surface area is 214 Å². The average Bonchev–Trinajstić information content (AvgIpc) is 3.26. The molecule has 3 aromatic rings. The van der Waals surface area contributed by atoms with Gasteiger partial charge in [-0.1, -0.05) is 24.3 Å². The predicted octanol–water partition coefficient (Wildman–Crippen LogP) is 3.52. The number of pyridine rings is 2. The number of ether oxygens (including phenoxy) is 3. The van der Waals surface area contributed by atoms with Gasteiger partial charge in [-0.2, -0.15) is 0 Å².